The molecule has 0 unspecified atom stereocenters. The largest absolute Gasteiger partial charge is 0.496 e. The number of esters is 1. The number of benzene rings is 2. The van der Waals surface area contributed by atoms with Crippen molar-refractivity contribution in [3.05, 3.63) is 58.8 Å². The second kappa shape index (κ2) is 12.6. The van der Waals surface area contributed by atoms with Gasteiger partial charge in [-0.2, -0.15) is 5.26 Å². The zero-order valence-electron chi connectivity index (χ0n) is 27.3. The number of nitrogens with zero attached hydrogens (tertiary/aromatic N) is 3. The molecule has 1 aromatic heterocycles. The third-order valence-corrected chi connectivity index (χ3v) is 9.05. The first-order valence-electron chi connectivity index (χ1n) is 15.6. The number of halogens is 2. The first-order valence-corrected chi connectivity index (χ1v) is 15.6. The van der Waals surface area contributed by atoms with E-state index in [4.69, 9.17) is 19.5 Å². The highest BCUT2D eigenvalue weighted by atomic mass is 19.3. The zero-order chi connectivity index (χ0) is 33.4. The summed E-state index contributed by atoms with van der Waals surface area (Å²) in [7, 11) is 2.92. The SMILES string of the molecule is COC(=O)c1ccc([C@H]2CC3(CCN2Cc2c(OC)cc(C)c4c2ccn4C(=O)OC(C)(C)C)CC(F)(F)C3)c(NCCC#N)c1. The Morgan fingerprint density at radius 1 is 1.15 bits per heavy atom. The van der Waals surface area contributed by atoms with Crippen LogP contribution in [-0.2, 0) is 16.0 Å². The normalized spacial score (nSPS) is 18.9. The molecule has 1 atom stereocenters. The van der Waals surface area contributed by atoms with Gasteiger partial charge in [-0.05, 0) is 87.9 Å². The molecule has 1 saturated heterocycles. The van der Waals surface area contributed by atoms with Crippen LogP contribution in [0.3, 0.4) is 0 Å². The van der Waals surface area contributed by atoms with E-state index in [0.29, 0.717) is 49.5 Å². The minimum absolute atomic E-state index is 0.154. The zero-order valence-corrected chi connectivity index (χ0v) is 27.3. The molecule has 1 saturated carbocycles. The van der Waals surface area contributed by atoms with Gasteiger partial charge in [0.15, 0.2) is 0 Å². The number of nitriles is 1. The highest BCUT2D eigenvalue weighted by molar-refractivity contribution is 5.95. The number of carbonyl (C=O) groups is 2. The van der Waals surface area contributed by atoms with Crippen molar-refractivity contribution in [2.45, 2.75) is 83.9 Å². The van der Waals surface area contributed by atoms with Crippen molar-refractivity contribution in [3.8, 4) is 11.8 Å². The Bertz CT molecular complexity index is 1680. The predicted molar refractivity (Wildman–Crippen MR) is 170 cm³/mol. The summed E-state index contributed by atoms with van der Waals surface area (Å²) in [6.07, 6.45) is 2.29. The van der Waals surface area contributed by atoms with E-state index in [1.165, 1.54) is 11.7 Å². The van der Waals surface area contributed by atoms with Crippen LogP contribution in [0.4, 0.5) is 19.3 Å². The second-order valence-corrected chi connectivity index (χ2v) is 13.6. The lowest BCUT2D eigenvalue weighted by Crippen LogP contribution is -2.53. The van der Waals surface area contributed by atoms with Gasteiger partial charge in [-0.3, -0.25) is 9.47 Å². The van der Waals surface area contributed by atoms with Crippen LogP contribution >= 0.6 is 0 Å². The number of ether oxygens (including phenoxy) is 3. The maximum Gasteiger partial charge on any atom is 0.419 e. The quantitative estimate of drug-likeness (QED) is 0.199. The minimum atomic E-state index is -2.67. The Morgan fingerprint density at radius 3 is 2.52 bits per heavy atom. The third kappa shape index (κ3) is 6.68. The standard InChI is InChI=1S/C35H42F2N4O5/c1-22-16-29(44-5)26(24-10-14-41(30(22)24)32(43)46-33(2,3)4)19-40-15-11-34(20-35(36,37)21-34)18-28(40)25-9-8-23(31(42)45-6)17-27(25)39-13-7-12-38/h8-10,14,16-17,28,39H,7,11,13,15,18-21H2,1-6H3/t28-/m1/s1. The molecule has 246 valence electrons. The van der Waals surface area contributed by atoms with E-state index in [2.05, 4.69) is 16.3 Å². The molecule has 46 heavy (non-hydrogen) atoms. The number of aryl methyl sites for hydroxylation is 1. The Morgan fingerprint density at radius 2 is 1.89 bits per heavy atom. The van der Waals surface area contributed by atoms with Crippen LogP contribution in [0.25, 0.3) is 10.9 Å². The van der Waals surface area contributed by atoms with Crippen LogP contribution in [0.5, 0.6) is 5.75 Å². The molecule has 1 aliphatic heterocycles. The van der Waals surface area contributed by atoms with Gasteiger partial charge in [0.1, 0.15) is 11.4 Å². The van der Waals surface area contributed by atoms with Gasteiger partial charge in [-0.15, -0.1) is 0 Å². The van der Waals surface area contributed by atoms with Crippen molar-refractivity contribution in [2.24, 2.45) is 5.41 Å². The fourth-order valence-electron chi connectivity index (χ4n) is 7.11. The first-order chi connectivity index (χ1) is 21.7. The summed E-state index contributed by atoms with van der Waals surface area (Å²) >= 11 is 0. The summed E-state index contributed by atoms with van der Waals surface area (Å²) < 4.78 is 46.6. The highest BCUT2D eigenvalue weighted by Gasteiger charge is 2.58. The maximum absolute atomic E-state index is 14.3. The van der Waals surface area contributed by atoms with Crippen molar-refractivity contribution in [2.75, 3.05) is 32.6 Å². The number of anilines is 1. The number of alkyl halides is 2. The summed E-state index contributed by atoms with van der Waals surface area (Å²) in [5, 5.41) is 13.3. The average Bonchev–Trinajstić information content (AvgIpc) is 3.43. The number of carbonyl (C=O) groups excluding carboxylic acids is 2. The molecule has 5 rings (SSSR count). The lowest BCUT2D eigenvalue weighted by Gasteiger charge is -2.55. The maximum atomic E-state index is 14.3. The molecular weight excluding hydrogens is 594 g/mol. The fourth-order valence-corrected chi connectivity index (χ4v) is 7.11. The van der Waals surface area contributed by atoms with Crippen LogP contribution in [-0.4, -0.2) is 60.4 Å². The predicted octanol–water partition coefficient (Wildman–Crippen LogP) is 7.61. The lowest BCUT2D eigenvalue weighted by atomic mass is 9.58. The number of methoxy groups -OCH3 is 2. The summed E-state index contributed by atoms with van der Waals surface area (Å²) in [6, 6.07) is 10.9. The number of nitrogens with one attached hydrogen (secondary N) is 1. The summed E-state index contributed by atoms with van der Waals surface area (Å²) in [4.78, 5) is 27.9. The van der Waals surface area contributed by atoms with E-state index in [-0.39, 0.29) is 25.3 Å². The smallest absolute Gasteiger partial charge is 0.419 e. The van der Waals surface area contributed by atoms with Crippen LogP contribution in [0, 0.1) is 23.7 Å². The number of piperidine rings is 1. The molecule has 1 spiro atoms. The molecule has 2 aliphatic rings. The van der Waals surface area contributed by atoms with Gasteiger partial charge in [0.05, 0.1) is 37.8 Å². The second-order valence-electron chi connectivity index (χ2n) is 13.6. The van der Waals surface area contributed by atoms with Crippen molar-refractivity contribution in [1.29, 1.82) is 5.26 Å². The Kier molecular flexibility index (Phi) is 9.06. The molecule has 2 heterocycles. The topological polar surface area (TPSA) is 106 Å². The molecule has 1 aliphatic carbocycles. The van der Waals surface area contributed by atoms with Crippen molar-refractivity contribution in [3.63, 3.8) is 0 Å². The van der Waals surface area contributed by atoms with Crippen molar-refractivity contribution >= 4 is 28.7 Å². The summed E-state index contributed by atoms with van der Waals surface area (Å²) in [5.41, 5.74) is 3.13. The van der Waals surface area contributed by atoms with Gasteiger partial charge in [0, 0.05) is 54.8 Å². The third-order valence-electron chi connectivity index (χ3n) is 9.05. The fraction of sp³-hybridized carbons (Fsp3) is 0.514. The summed E-state index contributed by atoms with van der Waals surface area (Å²) in [6.45, 7) is 8.71. The number of fused-ring (bicyclic) bond motifs is 1. The Hall–Kier alpha value is -4.17. The van der Waals surface area contributed by atoms with Crippen LogP contribution in [0.15, 0.2) is 36.5 Å². The van der Waals surface area contributed by atoms with E-state index in [1.807, 2.05) is 45.9 Å². The average molecular weight is 637 g/mol. The molecule has 9 nitrogen and oxygen atoms in total. The van der Waals surface area contributed by atoms with Gasteiger partial charge in [0.25, 0.3) is 0 Å². The molecule has 2 aromatic carbocycles. The van der Waals surface area contributed by atoms with Crippen molar-refractivity contribution < 1.29 is 32.6 Å². The Balaban J connectivity index is 1.58. The number of likely N-dealkylation sites (tertiary alicyclic amines) is 1. The molecular formula is C35H42F2N4O5. The lowest BCUT2D eigenvalue weighted by molar-refractivity contribution is -0.186. The molecule has 0 amide bonds. The molecule has 0 bridgehead atoms. The molecule has 3 aromatic rings. The van der Waals surface area contributed by atoms with E-state index >= 15 is 0 Å². The minimum Gasteiger partial charge on any atom is -0.496 e. The van der Waals surface area contributed by atoms with Gasteiger partial charge in [0.2, 0.25) is 5.92 Å². The van der Waals surface area contributed by atoms with Gasteiger partial charge in [-0.25, -0.2) is 18.4 Å². The molecule has 2 fully saturated rings. The summed E-state index contributed by atoms with van der Waals surface area (Å²) in [5.74, 6) is -2.51. The molecule has 0 radical (unpaired) electrons. The van der Waals surface area contributed by atoms with E-state index in [0.717, 1.165) is 27.6 Å². The van der Waals surface area contributed by atoms with Crippen LogP contribution in [0.1, 0.15) is 86.0 Å². The molecule has 11 heteroatoms. The van der Waals surface area contributed by atoms with Crippen molar-refractivity contribution in [1.82, 2.24) is 9.47 Å². The van der Waals surface area contributed by atoms with Gasteiger partial charge >= 0.3 is 12.1 Å². The van der Waals surface area contributed by atoms with E-state index in [1.54, 1.807) is 25.4 Å². The first kappa shape index (κ1) is 33.2. The van der Waals surface area contributed by atoms with Gasteiger partial charge < -0.3 is 19.5 Å². The number of hydrogen-bond donors (Lipinski definition) is 1. The number of aromatic nitrogens is 1. The molecule has 1 N–H and O–H groups in total. The monoisotopic (exact) mass is 636 g/mol. The number of rotatable bonds is 8. The van der Waals surface area contributed by atoms with E-state index in [9.17, 15) is 18.4 Å². The Labute approximate surface area is 268 Å². The van der Waals surface area contributed by atoms with Crippen LogP contribution < -0.4 is 10.1 Å². The number of hydrogen-bond acceptors (Lipinski definition) is 8. The van der Waals surface area contributed by atoms with Crippen LogP contribution in [0.2, 0.25) is 0 Å². The van der Waals surface area contributed by atoms with Gasteiger partial charge in [-0.1, -0.05) is 6.07 Å². The van der Waals surface area contributed by atoms with E-state index < -0.39 is 29.0 Å². The highest BCUT2D eigenvalue weighted by Crippen LogP contribution is 2.61.